The van der Waals surface area contributed by atoms with Gasteiger partial charge in [0.15, 0.2) is 5.82 Å². The molecule has 6 aromatic rings. The highest BCUT2D eigenvalue weighted by Gasteiger charge is 2.49. The Labute approximate surface area is 283 Å². The van der Waals surface area contributed by atoms with Crippen molar-refractivity contribution in [1.29, 1.82) is 0 Å². The second-order valence-electron chi connectivity index (χ2n) is 12.3. The highest BCUT2D eigenvalue weighted by Crippen LogP contribution is 2.42. The first-order valence-electron chi connectivity index (χ1n) is 15.6. The third kappa shape index (κ3) is 5.45. The Morgan fingerprint density at radius 2 is 2.02 bits per heavy atom. The Bertz CT molecular complexity index is 2330. The molecule has 9 nitrogen and oxygen atoms in total. The molecule has 0 amide bonds. The summed E-state index contributed by atoms with van der Waals surface area (Å²) in [5.41, 5.74) is 0.283. The molecular weight excluding hydrogens is 655 g/mol. The van der Waals surface area contributed by atoms with Crippen LogP contribution in [0.3, 0.4) is 0 Å². The summed E-state index contributed by atoms with van der Waals surface area (Å²) in [6, 6.07) is 12.4. The van der Waals surface area contributed by atoms with E-state index in [9.17, 15) is 13.9 Å². The molecule has 0 radical (unpaired) electrons. The molecule has 13 heteroatoms. The number of aromatic hydroxyl groups is 1. The Morgan fingerprint density at radius 1 is 1.14 bits per heavy atom. The van der Waals surface area contributed by atoms with Crippen LogP contribution in [0.15, 0.2) is 67.1 Å². The molecule has 0 aliphatic carbocycles. The number of ether oxygens (including phenoxy) is 1. The standard InChI is InChI=1S/C36H27ClF3N7O2/c1-2-26-29(39)8-7-20-11-25(48)13-27(30(20)26)32-31(40)33-28(16-41-35(45-33)49-19-36-9-4-10-46(36)17-22(38)14-36)34(44-32)43-23-15-42-47(18-23)24-6-3-5-21(37)12-24/h1,3,5-8,11-13,15-16,18,22,48H,4,9-10,14,17,19H2,(H,43,44)/t22-,36+/m1/s1. The van der Waals surface area contributed by atoms with Crippen molar-refractivity contribution >= 4 is 44.8 Å². The van der Waals surface area contributed by atoms with Crippen molar-refractivity contribution in [3.63, 3.8) is 0 Å². The average molecular weight is 682 g/mol. The van der Waals surface area contributed by atoms with E-state index >= 15 is 4.39 Å². The quantitative estimate of drug-likeness (QED) is 0.169. The number of phenols is 1. The Hall–Kier alpha value is -5.38. The molecule has 2 aliphatic heterocycles. The number of halogens is 4. The van der Waals surface area contributed by atoms with Gasteiger partial charge in [0.1, 0.15) is 41.4 Å². The molecule has 246 valence electrons. The van der Waals surface area contributed by atoms with Crippen molar-refractivity contribution in [2.75, 3.05) is 25.0 Å². The molecule has 2 N–H and O–H groups in total. The van der Waals surface area contributed by atoms with E-state index in [-0.39, 0.29) is 57.3 Å². The second kappa shape index (κ2) is 11.9. The zero-order valence-corrected chi connectivity index (χ0v) is 26.6. The number of phenolic OH excluding ortho intramolecular Hbond substituents is 1. The lowest BCUT2D eigenvalue weighted by Crippen LogP contribution is -2.43. The fourth-order valence-electron chi connectivity index (χ4n) is 7.07. The zero-order valence-electron chi connectivity index (χ0n) is 25.8. The van der Waals surface area contributed by atoms with Crippen LogP contribution in [0.25, 0.3) is 38.6 Å². The smallest absolute Gasteiger partial charge is 0.317 e. The Kier molecular flexibility index (Phi) is 7.54. The lowest BCUT2D eigenvalue weighted by molar-refractivity contribution is 0.107. The Balaban J connectivity index is 1.26. The van der Waals surface area contributed by atoms with Crippen molar-refractivity contribution in [3.05, 3.63) is 89.3 Å². The first kappa shape index (κ1) is 30.9. The van der Waals surface area contributed by atoms with Gasteiger partial charge in [-0.2, -0.15) is 10.1 Å². The van der Waals surface area contributed by atoms with Crippen LogP contribution >= 0.6 is 11.6 Å². The number of rotatable bonds is 7. The Morgan fingerprint density at radius 3 is 2.86 bits per heavy atom. The molecule has 2 atom stereocenters. The monoisotopic (exact) mass is 681 g/mol. The molecule has 2 fully saturated rings. The fraction of sp³-hybridized carbons (Fsp3) is 0.222. The fourth-order valence-corrected chi connectivity index (χ4v) is 7.25. The zero-order chi connectivity index (χ0) is 33.9. The molecule has 2 saturated heterocycles. The van der Waals surface area contributed by atoms with E-state index in [0.717, 1.165) is 19.4 Å². The normalized spacial score (nSPS) is 19.0. The number of hydrogen-bond acceptors (Lipinski definition) is 8. The van der Waals surface area contributed by atoms with E-state index in [1.165, 1.54) is 30.5 Å². The topological polar surface area (TPSA) is 101 Å². The van der Waals surface area contributed by atoms with Crippen LogP contribution in [0.1, 0.15) is 24.8 Å². The number of nitrogens with zero attached hydrogens (tertiary/aromatic N) is 6. The van der Waals surface area contributed by atoms with Crippen LogP contribution in [0.2, 0.25) is 5.02 Å². The van der Waals surface area contributed by atoms with Crippen molar-refractivity contribution in [1.82, 2.24) is 29.6 Å². The van der Waals surface area contributed by atoms with Gasteiger partial charge in [0.25, 0.3) is 0 Å². The van der Waals surface area contributed by atoms with Crippen LogP contribution in [-0.2, 0) is 0 Å². The van der Waals surface area contributed by atoms with Crippen molar-refractivity contribution < 1.29 is 23.0 Å². The first-order valence-corrected chi connectivity index (χ1v) is 16.0. The summed E-state index contributed by atoms with van der Waals surface area (Å²) >= 11 is 6.18. The second-order valence-corrected chi connectivity index (χ2v) is 12.8. The van der Waals surface area contributed by atoms with E-state index in [0.29, 0.717) is 34.7 Å². The number of alkyl halides is 1. The minimum Gasteiger partial charge on any atom is -0.508 e. The molecule has 5 heterocycles. The minimum absolute atomic E-state index is 0.0565. The summed E-state index contributed by atoms with van der Waals surface area (Å²) in [5.74, 6) is 0.747. The van der Waals surface area contributed by atoms with Crippen LogP contribution < -0.4 is 10.1 Å². The molecule has 8 rings (SSSR count). The molecule has 49 heavy (non-hydrogen) atoms. The van der Waals surface area contributed by atoms with Gasteiger partial charge >= 0.3 is 6.01 Å². The lowest BCUT2D eigenvalue weighted by atomic mass is 9.95. The maximum absolute atomic E-state index is 16.8. The van der Waals surface area contributed by atoms with Gasteiger partial charge in [-0.15, -0.1) is 6.42 Å². The molecule has 0 saturated carbocycles. The SMILES string of the molecule is C#Cc1c(F)ccc2cc(O)cc(-c3nc(Nc4cnn(-c5cccc(Cl)c5)c4)c4cnc(OC[C@@]56CCCN5C[C@H](F)C6)nc4c3F)c12. The molecule has 3 aromatic carbocycles. The third-order valence-electron chi connectivity index (χ3n) is 9.26. The van der Waals surface area contributed by atoms with Gasteiger partial charge in [0, 0.05) is 35.1 Å². The van der Waals surface area contributed by atoms with Gasteiger partial charge in [0.05, 0.1) is 40.3 Å². The highest BCUT2D eigenvalue weighted by atomic mass is 35.5. The predicted molar refractivity (Wildman–Crippen MR) is 180 cm³/mol. The predicted octanol–water partition coefficient (Wildman–Crippen LogP) is 7.35. The minimum atomic E-state index is -0.945. The number of pyridine rings is 1. The van der Waals surface area contributed by atoms with Crippen molar-refractivity contribution in [2.45, 2.75) is 31.0 Å². The number of benzene rings is 3. The number of nitrogens with one attached hydrogen (secondary N) is 1. The van der Waals surface area contributed by atoms with Gasteiger partial charge in [-0.05, 0) is 61.2 Å². The van der Waals surface area contributed by atoms with Gasteiger partial charge in [-0.3, -0.25) is 4.90 Å². The molecule has 3 aromatic heterocycles. The first-order chi connectivity index (χ1) is 23.7. The molecule has 2 aliphatic rings. The molecule has 0 spiro atoms. The number of fused-ring (bicyclic) bond motifs is 3. The number of aromatic nitrogens is 5. The van der Waals surface area contributed by atoms with E-state index in [4.69, 9.17) is 22.8 Å². The number of anilines is 2. The van der Waals surface area contributed by atoms with Gasteiger partial charge in [-0.1, -0.05) is 29.7 Å². The van der Waals surface area contributed by atoms with Crippen LogP contribution in [0.5, 0.6) is 11.8 Å². The summed E-state index contributed by atoms with van der Waals surface area (Å²) in [6.07, 6.45) is 11.5. The summed E-state index contributed by atoms with van der Waals surface area (Å²) in [5, 5.41) is 19.6. The summed E-state index contributed by atoms with van der Waals surface area (Å²) in [7, 11) is 0. The van der Waals surface area contributed by atoms with Gasteiger partial charge in [-0.25, -0.2) is 27.8 Å². The lowest BCUT2D eigenvalue weighted by Gasteiger charge is -2.30. The van der Waals surface area contributed by atoms with Crippen LogP contribution in [-0.4, -0.2) is 66.1 Å². The number of terminal acetylenes is 1. The maximum Gasteiger partial charge on any atom is 0.317 e. The van der Waals surface area contributed by atoms with Crippen molar-refractivity contribution in [2.24, 2.45) is 0 Å². The largest absolute Gasteiger partial charge is 0.508 e. The van der Waals surface area contributed by atoms with Crippen molar-refractivity contribution in [3.8, 4) is 41.0 Å². The third-order valence-corrected chi connectivity index (χ3v) is 9.50. The molecule has 0 bridgehead atoms. The molecule has 0 unspecified atom stereocenters. The van der Waals surface area contributed by atoms with E-state index in [1.807, 2.05) is 6.07 Å². The van der Waals surface area contributed by atoms with E-state index in [1.54, 1.807) is 35.3 Å². The van der Waals surface area contributed by atoms with Crippen LogP contribution in [0, 0.1) is 24.0 Å². The highest BCUT2D eigenvalue weighted by molar-refractivity contribution is 6.30. The van der Waals surface area contributed by atoms with Crippen LogP contribution in [0.4, 0.5) is 24.7 Å². The average Bonchev–Trinajstić information content (AvgIpc) is 3.79. The van der Waals surface area contributed by atoms with E-state index in [2.05, 4.69) is 36.2 Å². The summed E-state index contributed by atoms with van der Waals surface area (Å²) in [4.78, 5) is 15.6. The summed E-state index contributed by atoms with van der Waals surface area (Å²) in [6.45, 7) is 1.29. The summed E-state index contributed by atoms with van der Waals surface area (Å²) < 4.78 is 53.8. The van der Waals surface area contributed by atoms with Gasteiger partial charge in [0.2, 0.25) is 0 Å². The van der Waals surface area contributed by atoms with E-state index < -0.39 is 23.3 Å². The van der Waals surface area contributed by atoms with Gasteiger partial charge < -0.3 is 15.2 Å². The maximum atomic E-state index is 16.8. The number of hydrogen-bond donors (Lipinski definition) is 2. The molecular formula is C36H27ClF3N7O2.